The van der Waals surface area contributed by atoms with E-state index in [2.05, 4.69) is 34.6 Å². The Kier molecular flexibility index (Phi) is 6.61. The SMILES string of the molecule is CCN(CC)c1ccc2cc(C(=O)c3ccc(N4CCN(CC(C)=O)CC4)cc3)oc2c1. The van der Waals surface area contributed by atoms with Gasteiger partial charge in [-0.05, 0) is 63.2 Å². The zero-order valence-corrected chi connectivity index (χ0v) is 19.1. The Hall–Kier alpha value is -3.12. The van der Waals surface area contributed by atoms with Gasteiger partial charge in [-0.2, -0.15) is 0 Å². The first-order valence-corrected chi connectivity index (χ1v) is 11.4. The highest BCUT2D eigenvalue weighted by atomic mass is 16.3. The van der Waals surface area contributed by atoms with E-state index >= 15 is 0 Å². The third-order valence-corrected chi connectivity index (χ3v) is 6.17. The van der Waals surface area contributed by atoms with Gasteiger partial charge in [0.1, 0.15) is 11.4 Å². The van der Waals surface area contributed by atoms with Crippen molar-refractivity contribution >= 4 is 33.9 Å². The number of Topliss-reactive ketones (excluding diaryl/α,β-unsaturated/α-hetero) is 1. The molecule has 2 heterocycles. The van der Waals surface area contributed by atoms with Gasteiger partial charge in [-0.1, -0.05) is 0 Å². The summed E-state index contributed by atoms with van der Waals surface area (Å²) < 4.78 is 5.93. The number of benzene rings is 2. The second kappa shape index (κ2) is 9.57. The van der Waals surface area contributed by atoms with Crippen molar-refractivity contribution in [3.8, 4) is 0 Å². The average molecular weight is 434 g/mol. The fourth-order valence-corrected chi connectivity index (χ4v) is 4.36. The van der Waals surface area contributed by atoms with E-state index in [-0.39, 0.29) is 11.6 Å². The Labute approximate surface area is 189 Å². The van der Waals surface area contributed by atoms with Gasteiger partial charge >= 0.3 is 0 Å². The smallest absolute Gasteiger partial charge is 0.228 e. The third kappa shape index (κ3) is 4.70. The van der Waals surface area contributed by atoms with Crippen LogP contribution in [0, 0.1) is 0 Å². The predicted molar refractivity (Wildman–Crippen MR) is 129 cm³/mol. The van der Waals surface area contributed by atoms with Gasteiger partial charge in [-0.3, -0.25) is 14.5 Å². The highest BCUT2D eigenvalue weighted by Gasteiger charge is 2.19. The van der Waals surface area contributed by atoms with Crippen LogP contribution in [0.2, 0.25) is 0 Å². The molecule has 0 atom stereocenters. The molecule has 6 heteroatoms. The highest BCUT2D eigenvalue weighted by molar-refractivity contribution is 6.09. The summed E-state index contributed by atoms with van der Waals surface area (Å²) in [5, 5.41) is 0.935. The zero-order valence-electron chi connectivity index (χ0n) is 19.1. The Morgan fingerprint density at radius 2 is 1.62 bits per heavy atom. The number of nitrogens with zero attached hydrogens (tertiary/aromatic N) is 3. The minimum atomic E-state index is -0.108. The molecule has 6 nitrogen and oxygen atoms in total. The summed E-state index contributed by atoms with van der Waals surface area (Å²) in [4.78, 5) is 31.1. The van der Waals surface area contributed by atoms with E-state index in [1.807, 2.05) is 42.5 Å². The standard InChI is InChI=1S/C26H31N3O3/c1-4-28(5-2)23-11-8-21-16-25(32-24(21)17-23)26(31)20-6-9-22(10-7-20)29-14-12-27(13-15-29)18-19(3)30/h6-11,16-17H,4-5,12-15,18H2,1-3H3. The predicted octanol–water partition coefficient (Wildman–Crippen LogP) is 4.22. The molecule has 1 fully saturated rings. The molecule has 1 saturated heterocycles. The lowest BCUT2D eigenvalue weighted by Gasteiger charge is -2.35. The van der Waals surface area contributed by atoms with Gasteiger partial charge in [0.2, 0.25) is 5.78 Å². The molecule has 168 valence electrons. The van der Waals surface area contributed by atoms with Crippen molar-refractivity contribution in [2.24, 2.45) is 0 Å². The number of piperazine rings is 1. The van der Waals surface area contributed by atoms with Gasteiger partial charge in [0.25, 0.3) is 0 Å². The number of carbonyl (C=O) groups excluding carboxylic acids is 2. The van der Waals surface area contributed by atoms with Crippen molar-refractivity contribution in [2.45, 2.75) is 20.8 Å². The second-order valence-electron chi connectivity index (χ2n) is 8.35. The van der Waals surface area contributed by atoms with E-state index in [0.29, 0.717) is 17.9 Å². The van der Waals surface area contributed by atoms with E-state index < -0.39 is 0 Å². The Morgan fingerprint density at radius 3 is 2.25 bits per heavy atom. The first kappa shape index (κ1) is 22.1. The lowest BCUT2D eigenvalue weighted by Crippen LogP contribution is -2.47. The van der Waals surface area contributed by atoms with E-state index in [9.17, 15) is 9.59 Å². The summed E-state index contributed by atoms with van der Waals surface area (Å²) in [5.74, 6) is 0.460. The first-order valence-electron chi connectivity index (χ1n) is 11.4. The Balaban J connectivity index is 1.46. The van der Waals surface area contributed by atoms with Crippen LogP contribution in [-0.2, 0) is 4.79 Å². The molecule has 32 heavy (non-hydrogen) atoms. The maximum Gasteiger partial charge on any atom is 0.228 e. The number of furan rings is 1. The lowest BCUT2D eigenvalue weighted by atomic mass is 10.1. The van der Waals surface area contributed by atoms with E-state index in [1.54, 1.807) is 6.92 Å². The number of hydrogen-bond acceptors (Lipinski definition) is 6. The molecule has 0 bridgehead atoms. The van der Waals surface area contributed by atoms with Crippen LogP contribution in [0.3, 0.4) is 0 Å². The van der Waals surface area contributed by atoms with Crippen molar-refractivity contribution in [1.29, 1.82) is 0 Å². The quantitative estimate of drug-likeness (QED) is 0.496. The molecular weight excluding hydrogens is 402 g/mol. The minimum absolute atomic E-state index is 0.108. The van der Waals surface area contributed by atoms with Gasteiger partial charge in [0.15, 0.2) is 5.76 Å². The van der Waals surface area contributed by atoms with Gasteiger partial charge in [0, 0.05) is 67.7 Å². The molecule has 0 spiro atoms. The van der Waals surface area contributed by atoms with Gasteiger partial charge in [-0.15, -0.1) is 0 Å². The van der Waals surface area contributed by atoms with Crippen LogP contribution in [0.5, 0.6) is 0 Å². The molecule has 0 saturated carbocycles. The molecular formula is C26H31N3O3. The van der Waals surface area contributed by atoms with Crippen molar-refractivity contribution in [3.05, 3.63) is 59.9 Å². The van der Waals surface area contributed by atoms with Crippen LogP contribution < -0.4 is 9.80 Å². The van der Waals surface area contributed by atoms with Gasteiger partial charge < -0.3 is 14.2 Å². The van der Waals surface area contributed by atoms with Crippen molar-refractivity contribution < 1.29 is 14.0 Å². The van der Waals surface area contributed by atoms with Crippen LogP contribution in [0.15, 0.2) is 52.9 Å². The molecule has 0 unspecified atom stereocenters. The molecule has 0 N–H and O–H groups in total. The normalized spacial score (nSPS) is 14.7. The summed E-state index contributed by atoms with van der Waals surface area (Å²) in [7, 11) is 0. The average Bonchev–Trinajstić information content (AvgIpc) is 3.23. The Bertz CT molecular complexity index is 1090. The number of rotatable bonds is 8. The van der Waals surface area contributed by atoms with Crippen molar-refractivity contribution in [3.63, 3.8) is 0 Å². The fraction of sp³-hybridized carbons (Fsp3) is 0.385. The molecule has 3 aromatic rings. The van der Waals surface area contributed by atoms with Crippen LogP contribution in [0.1, 0.15) is 36.9 Å². The van der Waals surface area contributed by atoms with Crippen LogP contribution in [0.4, 0.5) is 11.4 Å². The van der Waals surface area contributed by atoms with Gasteiger partial charge in [-0.25, -0.2) is 0 Å². The second-order valence-corrected chi connectivity index (χ2v) is 8.35. The maximum absolute atomic E-state index is 13.0. The van der Waals surface area contributed by atoms with Crippen LogP contribution in [0.25, 0.3) is 11.0 Å². The number of anilines is 2. The zero-order chi connectivity index (χ0) is 22.7. The summed E-state index contributed by atoms with van der Waals surface area (Å²) in [6, 6.07) is 15.6. The summed E-state index contributed by atoms with van der Waals surface area (Å²) in [6.45, 7) is 11.7. The molecule has 0 radical (unpaired) electrons. The van der Waals surface area contributed by atoms with Crippen molar-refractivity contribution in [2.75, 3.05) is 55.6 Å². The first-order chi connectivity index (χ1) is 15.5. The van der Waals surface area contributed by atoms with E-state index in [0.717, 1.165) is 61.6 Å². The third-order valence-electron chi connectivity index (χ3n) is 6.17. The fourth-order valence-electron chi connectivity index (χ4n) is 4.36. The highest BCUT2D eigenvalue weighted by Crippen LogP contribution is 2.27. The van der Waals surface area contributed by atoms with Crippen LogP contribution in [-0.4, -0.2) is 62.3 Å². The van der Waals surface area contributed by atoms with E-state index in [4.69, 9.17) is 4.42 Å². The number of ketones is 2. The van der Waals surface area contributed by atoms with Crippen molar-refractivity contribution in [1.82, 2.24) is 4.90 Å². The molecule has 1 aliphatic rings. The summed E-state index contributed by atoms with van der Waals surface area (Å²) in [5.41, 5.74) is 3.55. The summed E-state index contributed by atoms with van der Waals surface area (Å²) in [6.07, 6.45) is 0. The van der Waals surface area contributed by atoms with Gasteiger partial charge in [0.05, 0.1) is 6.54 Å². The molecule has 4 rings (SSSR count). The molecule has 2 aromatic carbocycles. The maximum atomic E-state index is 13.0. The largest absolute Gasteiger partial charge is 0.452 e. The van der Waals surface area contributed by atoms with E-state index in [1.165, 1.54) is 0 Å². The molecule has 0 aliphatic carbocycles. The lowest BCUT2D eigenvalue weighted by molar-refractivity contribution is -0.118. The number of hydrogen-bond donors (Lipinski definition) is 0. The molecule has 0 amide bonds. The molecule has 1 aliphatic heterocycles. The monoisotopic (exact) mass is 433 g/mol. The molecule has 1 aromatic heterocycles. The number of carbonyl (C=O) groups is 2. The topological polar surface area (TPSA) is 57.0 Å². The Morgan fingerprint density at radius 1 is 0.938 bits per heavy atom. The summed E-state index contributed by atoms with van der Waals surface area (Å²) >= 11 is 0. The number of fused-ring (bicyclic) bond motifs is 1. The van der Waals surface area contributed by atoms with Crippen LogP contribution >= 0.6 is 0 Å². The minimum Gasteiger partial charge on any atom is -0.452 e.